The second kappa shape index (κ2) is 9.38. The minimum absolute atomic E-state index is 0.180. The summed E-state index contributed by atoms with van der Waals surface area (Å²) in [6, 6.07) is 13.5. The molecule has 29 heavy (non-hydrogen) atoms. The molecule has 8 heteroatoms. The molecule has 0 saturated heterocycles. The number of ether oxygens (including phenoxy) is 1. The van der Waals surface area contributed by atoms with Gasteiger partial charge in [0.25, 0.3) is 0 Å². The lowest BCUT2D eigenvalue weighted by Gasteiger charge is -2.13. The van der Waals surface area contributed by atoms with Crippen molar-refractivity contribution in [3.63, 3.8) is 0 Å². The van der Waals surface area contributed by atoms with Gasteiger partial charge in [0.05, 0.1) is 17.9 Å². The first-order valence-corrected chi connectivity index (χ1v) is 9.82. The highest BCUT2D eigenvalue weighted by atomic mass is 32.2. The van der Waals surface area contributed by atoms with Crippen molar-refractivity contribution in [3.05, 3.63) is 67.0 Å². The van der Waals surface area contributed by atoms with E-state index in [0.717, 1.165) is 0 Å². The van der Waals surface area contributed by atoms with Gasteiger partial charge in [-0.3, -0.25) is 9.36 Å². The highest BCUT2D eigenvalue weighted by Gasteiger charge is 2.21. The van der Waals surface area contributed by atoms with Crippen LogP contribution in [-0.2, 0) is 11.3 Å². The Morgan fingerprint density at radius 1 is 1.28 bits per heavy atom. The van der Waals surface area contributed by atoms with E-state index in [0.29, 0.717) is 34.5 Å². The second-order valence-electron chi connectivity index (χ2n) is 6.16. The Kier molecular flexibility index (Phi) is 6.66. The maximum absolute atomic E-state index is 14.2. The molecule has 0 aliphatic heterocycles. The van der Waals surface area contributed by atoms with Crippen LogP contribution in [0.4, 0.5) is 10.1 Å². The minimum atomic E-state index is -0.446. The van der Waals surface area contributed by atoms with Crippen molar-refractivity contribution in [1.29, 1.82) is 0 Å². The fraction of sp³-hybridized carbons (Fsp3) is 0.190. The summed E-state index contributed by atoms with van der Waals surface area (Å²) in [5, 5.41) is 11.2. The van der Waals surface area contributed by atoms with Gasteiger partial charge in [-0.25, -0.2) is 4.39 Å². The van der Waals surface area contributed by atoms with Crippen molar-refractivity contribution >= 4 is 23.4 Å². The number of rotatable bonds is 8. The molecular formula is C21H21FN4O2S. The van der Waals surface area contributed by atoms with E-state index in [9.17, 15) is 9.18 Å². The number of benzene rings is 2. The number of carbonyl (C=O) groups is 1. The third-order valence-corrected chi connectivity index (χ3v) is 5.23. The number of hydrogen-bond acceptors (Lipinski definition) is 5. The average molecular weight is 412 g/mol. The predicted molar refractivity (Wildman–Crippen MR) is 113 cm³/mol. The highest BCUT2D eigenvalue weighted by Crippen LogP contribution is 2.28. The summed E-state index contributed by atoms with van der Waals surface area (Å²) in [7, 11) is 1.58. The Hall–Kier alpha value is -3.13. The Morgan fingerprint density at radius 3 is 2.66 bits per heavy atom. The number of anilines is 1. The van der Waals surface area contributed by atoms with Gasteiger partial charge in [-0.2, -0.15) is 0 Å². The number of halogens is 1. The van der Waals surface area contributed by atoms with Crippen molar-refractivity contribution in [1.82, 2.24) is 14.8 Å². The highest BCUT2D eigenvalue weighted by molar-refractivity contribution is 8.00. The van der Waals surface area contributed by atoms with Crippen molar-refractivity contribution in [3.8, 4) is 17.1 Å². The summed E-state index contributed by atoms with van der Waals surface area (Å²) in [6.07, 6.45) is 1.68. The fourth-order valence-corrected chi connectivity index (χ4v) is 3.50. The second-order valence-corrected chi connectivity index (χ2v) is 7.47. The van der Waals surface area contributed by atoms with E-state index in [2.05, 4.69) is 22.1 Å². The van der Waals surface area contributed by atoms with Crippen LogP contribution in [-0.4, -0.2) is 33.0 Å². The number of amides is 1. The van der Waals surface area contributed by atoms with Crippen LogP contribution in [0.3, 0.4) is 0 Å². The van der Waals surface area contributed by atoms with E-state index in [1.165, 1.54) is 17.8 Å². The minimum Gasteiger partial charge on any atom is -0.497 e. The number of nitrogens with one attached hydrogen (secondary N) is 1. The molecule has 0 bridgehead atoms. The Labute approximate surface area is 172 Å². The molecular weight excluding hydrogens is 391 g/mol. The topological polar surface area (TPSA) is 69.0 Å². The fourth-order valence-electron chi connectivity index (χ4n) is 2.64. The smallest absolute Gasteiger partial charge is 0.237 e. The molecule has 0 spiro atoms. The van der Waals surface area contributed by atoms with E-state index in [4.69, 9.17) is 4.74 Å². The molecule has 1 aromatic heterocycles. The molecule has 150 valence electrons. The quantitative estimate of drug-likeness (QED) is 0.439. The molecule has 1 amide bonds. The van der Waals surface area contributed by atoms with Crippen LogP contribution in [0, 0.1) is 5.82 Å². The first kappa shape index (κ1) is 20.6. The molecule has 1 N–H and O–H groups in total. The third-order valence-electron chi connectivity index (χ3n) is 4.15. The Balaban J connectivity index is 1.77. The van der Waals surface area contributed by atoms with Crippen LogP contribution in [0.15, 0.2) is 66.3 Å². The summed E-state index contributed by atoms with van der Waals surface area (Å²) in [5.74, 6) is 0.546. The Morgan fingerprint density at radius 2 is 2.00 bits per heavy atom. The van der Waals surface area contributed by atoms with Crippen molar-refractivity contribution in [2.75, 3.05) is 12.4 Å². The van der Waals surface area contributed by atoms with Gasteiger partial charge in [-0.1, -0.05) is 30.0 Å². The van der Waals surface area contributed by atoms with Gasteiger partial charge in [0, 0.05) is 12.2 Å². The first-order chi connectivity index (χ1) is 14.0. The lowest BCUT2D eigenvalue weighted by atomic mass is 10.2. The zero-order valence-electron chi connectivity index (χ0n) is 16.1. The molecule has 1 atom stereocenters. The van der Waals surface area contributed by atoms with E-state index < -0.39 is 5.25 Å². The molecule has 1 heterocycles. The van der Waals surface area contributed by atoms with Crippen LogP contribution >= 0.6 is 11.8 Å². The SMILES string of the molecule is C=CCn1c(S[C@@H](C)C(=O)Nc2ccc(OC)cc2)nnc1-c1ccccc1F. The van der Waals surface area contributed by atoms with Gasteiger partial charge in [0.1, 0.15) is 11.6 Å². The van der Waals surface area contributed by atoms with E-state index >= 15 is 0 Å². The maximum Gasteiger partial charge on any atom is 0.237 e. The van der Waals surface area contributed by atoms with Crippen LogP contribution in [0.1, 0.15) is 6.92 Å². The van der Waals surface area contributed by atoms with Crippen molar-refractivity contribution < 1.29 is 13.9 Å². The molecule has 3 aromatic rings. The number of hydrogen-bond donors (Lipinski definition) is 1. The molecule has 0 saturated carbocycles. The zero-order valence-corrected chi connectivity index (χ0v) is 16.9. The summed E-state index contributed by atoms with van der Waals surface area (Å²) >= 11 is 1.25. The molecule has 0 aliphatic carbocycles. The van der Waals surface area contributed by atoms with Crippen LogP contribution in [0.25, 0.3) is 11.4 Å². The third kappa shape index (κ3) is 4.83. The van der Waals surface area contributed by atoms with Gasteiger partial charge in [0.15, 0.2) is 11.0 Å². The van der Waals surface area contributed by atoms with Gasteiger partial charge in [-0.05, 0) is 43.3 Å². The summed E-state index contributed by atoms with van der Waals surface area (Å²) in [6.45, 7) is 5.92. The van der Waals surface area contributed by atoms with Gasteiger partial charge >= 0.3 is 0 Å². The number of nitrogens with zero attached hydrogens (tertiary/aromatic N) is 3. The monoisotopic (exact) mass is 412 g/mol. The number of thioether (sulfide) groups is 1. The number of aromatic nitrogens is 3. The zero-order chi connectivity index (χ0) is 20.8. The number of methoxy groups -OCH3 is 1. The first-order valence-electron chi connectivity index (χ1n) is 8.94. The van der Waals surface area contributed by atoms with Crippen LogP contribution < -0.4 is 10.1 Å². The molecule has 3 rings (SSSR count). The van der Waals surface area contributed by atoms with Crippen molar-refractivity contribution in [2.45, 2.75) is 23.9 Å². The predicted octanol–water partition coefficient (Wildman–Crippen LogP) is 4.40. The van der Waals surface area contributed by atoms with Gasteiger partial charge in [0.2, 0.25) is 5.91 Å². The van der Waals surface area contributed by atoms with E-state index in [1.807, 2.05) is 0 Å². The van der Waals surface area contributed by atoms with E-state index in [1.54, 1.807) is 67.1 Å². The molecule has 0 radical (unpaired) electrons. The molecule has 2 aromatic carbocycles. The largest absolute Gasteiger partial charge is 0.497 e. The summed E-state index contributed by atoms with van der Waals surface area (Å²) in [5.41, 5.74) is 1.02. The average Bonchev–Trinajstić information content (AvgIpc) is 3.11. The number of carbonyl (C=O) groups excluding carboxylic acids is 1. The van der Waals surface area contributed by atoms with Gasteiger partial charge in [-0.15, -0.1) is 16.8 Å². The van der Waals surface area contributed by atoms with Gasteiger partial charge < -0.3 is 10.1 Å². The lowest BCUT2D eigenvalue weighted by molar-refractivity contribution is -0.115. The summed E-state index contributed by atoms with van der Waals surface area (Å²) in [4.78, 5) is 12.6. The molecule has 0 unspecified atom stereocenters. The number of allylic oxidation sites excluding steroid dienone is 1. The standard InChI is InChI=1S/C21H21FN4O2S/c1-4-13-26-19(17-7-5-6-8-18(17)22)24-25-21(26)29-14(2)20(27)23-15-9-11-16(28-3)12-10-15/h4-12,14H,1,13H2,2-3H3,(H,23,27)/t14-/m0/s1. The molecule has 6 nitrogen and oxygen atoms in total. The molecule has 0 fully saturated rings. The van der Waals surface area contributed by atoms with Crippen molar-refractivity contribution in [2.24, 2.45) is 0 Å². The maximum atomic E-state index is 14.2. The van der Waals surface area contributed by atoms with Crippen LogP contribution in [0.5, 0.6) is 5.75 Å². The summed E-state index contributed by atoms with van der Waals surface area (Å²) < 4.78 is 21.1. The Bertz CT molecular complexity index is 1000. The molecule has 0 aliphatic rings. The van der Waals surface area contributed by atoms with Crippen LogP contribution in [0.2, 0.25) is 0 Å². The normalized spacial score (nSPS) is 11.7. The lowest BCUT2D eigenvalue weighted by Crippen LogP contribution is -2.23. The van der Waals surface area contributed by atoms with E-state index in [-0.39, 0.29) is 11.7 Å².